The molecule has 10 heteroatoms. The largest absolute Gasteiger partial charge is 1.00 e. The summed E-state index contributed by atoms with van der Waals surface area (Å²) in [6.45, 7) is 2.92. The molecule has 0 spiro atoms. The number of nitrogens with zero attached hydrogens (tertiary/aromatic N) is 2. The molecule has 0 bridgehead atoms. The van der Waals surface area contributed by atoms with E-state index in [1.54, 1.807) is 36.4 Å². The molecule has 1 heterocycles. The molecule has 0 fully saturated rings. The van der Waals surface area contributed by atoms with E-state index in [1.807, 2.05) is 0 Å². The Morgan fingerprint density at radius 1 is 0.742 bits per heavy atom. The maximum absolute atomic E-state index is 5.77. The lowest BCUT2D eigenvalue weighted by Gasteiger charge is -2.07. The summed E-state index contributed by atoms with van der Waals surface area (Å²) in [5, 5.41) is 0. The van der Waals surface area contributed by atoms with Crippen LogP contribution in [0.5, 0.6) is 11.5 Å². The van der Waals surface area contributed by atoms with E-state index >= 15 is 0 Å². The van der Waals surface area contributed by atoms with Gasteiger partial charge in [0, 0.05) is 59.9 Å². The topological polar surface area (TPSA) is 163 Å². The average molecular weight is 451 g/mol. The van der Waals surface area contributed by atoms with E-state index in [4.69, 9.17) is 32.4 Å². The van der Waals surface area contributed by atoms with Gasteiger partial charge < -0.3 is 50.3 Å². The smallest absolute Gasteiger partial charge is 0.243 e. The highest BCUT2D eigenvalue weighted by atomic mass is 35.5. The Kier molecular flexibility index (Phi) is 10.3. The molecule has 10 N–H and O–H groups in total. The van der Waals surface area contributed by atoms with Gasteiger partial charge in [-0.05, 0) is 12.1 Å². The minimum atomic E-state index is 0. The second-order valence-corrected chi connectivity index (χ2v) is 6.96. The van der Waals surface area contributed by atoms with Crippen LogP contribution in [0.25, 0.3) is 0 Å². The van der Waals surface area contributed by atoms with Crippen LogP contribution in [-0.4, -0.2) is 23.3 Å². The first kappa shape index (κ1) is 25.7. The summed E-state index contributed by atoms with van der Waals surface area (Å²) in [5.41, 5.74) is 25.5. The third kappa shape index (κ3) is 8.53. The Hall–Kier alpha value is -3.30. The number of benzene rings is 2. The van der Waals surface area contributed by atoms with E-state index in [1.165, 1.54) is 0 Å². The van der Waals surface area contributed by atoms with Gasteiger partial charge >= 0.3 is 0 Å². The lowest BCUT2D eigenvalue weighted by atomic mass is 10.2. The first-order valence-electron chi connectivity index (χ1n) is 9.60. The minimum absolute atomic E-state index is 0. The zero-order valence-electron chi connectivity index (χ0n) is 17.3. The van der Waals surface area contributed by atoms with Crippen molar-refractivity contribution in [3.8, 4) is 11.5 Å². The number of aromatic nitrogens is 2. The highest BCUT2D eigenvalue weighted by Gasteiger charge is 2.05. The molecule has 3 aromatic rings. The summed E-state index contributed by atoms with van der Waals surface area (Å²) < 4.78 is 15.7. The summed E-state index contributed by atoms with van der Waals surface area (Å²) in [6.07, 6.45) is 7.94. The molecule has 0 aliphatic heterocycles. The molecule has 2 aromatic carbocycles. The van der Waals surface area contributed by atoms with Crippen molar-refractivity contribution in [3.63, 3.8) is 0 Å². The van der Waals surface area contributed by atoms with E-state index in [-0.39, 0.29) is 17.9 Å². The lowest BCUT2D eigenvalue weighted by Crippen LogP contribution is -3.00. The molecule has 0 saturated carbocycles. The normalized spacial score (nSPS) is 10.1. The number of halogens is 1. The molecule has 3 rings (SSSR count). The summed E-state index contributed by atoms with van der Waals surface area (Å²) in [6, 6.07) is 10.5. The van der Waals surface area contributed by atoms with Crippen molar-refractivity contribution < 1.29 is 31.9 Å². The van der Waals surface area contributed by atoms with Crippen molar-refractivity contribution in [2.45, 2.75) is 25.9 Å². The number of hydrogen-bond acceptors (Lipinski definition) is 6. The van der Waals surface area contributed by atoms with Gasteiger partial charge in [0.25, 0.3) is 0 Å². The summed E-state index contributed by atoms with van der Waals surface area (Å²) in [7, 11) is 0. The first-order chi connectivity index (χ1) is 14.0. The Morgan fingerprint density at radius 2 is 1.23 bits per heavy atom. The quantitative estimate of drug-likeness (QED) is 0.162. The van der Waals surface area contributed by atoms with Crippen LogP contribution in [0.4, 0.5) is 22.7 Å². The Balaban J connectivity index is 0.00000240. The molecule has 0 amide bonds. The van der Waals surface area contributed by atoms with Crippen LogP contribution in [-0.2, 0) is 13.1 Å². The summed E-state index contributed by atoms with van der Waals surface area (Å²) in [4.78, 5) is 0. The summed E-state index contributed by atoms with van der Waals surface area (Å²) >= 11 is 0. The predicted molar refractivity (Wildman–Crippen MR) is 119 cm³/mol. The van der Waals surface area contributed by atoms with Crippen LogP contribution in [0.1, 0.15) is 12.8 Å². The van der Waals surface area contributed by atoms with Gasteiger partial charge in [-0.15, -0.1) is 0 Å². The number of anilines is 4. The third-order valence-electron chi connectivity index (χ3n) is 4.31. The Morgan fingerprint density at radius 3 is 1.74 bits per heavy atom. The molecular weight excluding hydrogens is 420 g/mol. The van der Waals surface area contributed by atoms with Crippen LogP contribution in [0, 0.1) is 0 Å². The number of imidazole rings is 1. The molecule has 0 unspecified atom stereocenters. The highest BCUT2D eigenvalue weighted by Crippen LogP contribution is 2.21. The average Bonchev–Trinajstić information content (AvgIpc) is 3.09. The van der Waals surface area contributed by atoms with Crippen LogP contribution in [0.3, 0.4) is 0 Å². The second-order valence-electron chi connectivity index (χ2n) is 6.96. The predicted octanol–water partition coefficient (Wildman–Crippen LogP) is -1.78. The fourth-order valence-electron chi connectivity index (χ4n) is 3.04. The second kappa shape index (κ2) is 12.4. The first-order valence-corrected chi connectivity index (χ1v) is 9.60. The molecule has 0 aliphatic rings. The lowest BCUT2D eigenvalue weighted by molar-refractivity contribution is -0.696. The maximum Gasteiger partial charge on any atom is 0.243 e. The van der Waals surface area contributed by atoms with Crippen LogP contribution < -0.4 is 49.4 Å². The van der Waals surface area contributed by atoms with Crippen molar-refractivity contribution in [3.05, 3.63) is 55.1 Å². The van der Waals surface area contributed by atoms with Gasteiger partial charge in [-0.3, -0.25) is 0 Å². The van der Waals surface area contributed by atoms with Crippen molar-refractivity contribution in [1.82, 2.24) is 4.57 Å². The fourth-order valence-corrected chi connectivity index (χ4v) is 3.04. The van der Waals surface area contributed by atoms with Crippen molar-refractivity contribution >= 4 is 22.7 Å². The highest BCUT2D eigenvalue weighted by molar-refractivity contribution is 5.57. The molecule has 9 nitrogen and oxygen atoms in total. The van der Waals surface area contributed by atoms with E-state index < -0.39 is 0 Å². The molecular formula is C21H31ClN6O3. The SMILES string of the molecule is Nc1cc(N)cc(OCCCn2cc[n+](CCCOc3cc(N)cc(N)c3)c2)c1.O.[Cl-]. The van der Waals surface area contributed by atoms with Gasteiger partial charge in [-0.2, -0.15) is 0 Å². The van der Waals surface area contributed by atoms with Gasteiger partial charge in [-0.25, -0.2) is 9.13 Å². The molecule has 170 valence electrons. The molecule has 0 aliphatic carbocycles. The number of hydrogen-bond donors (Lipinski definition) is 4. The number of rotatable bonds is 10. The number of nitrogens with two attached hydrogens (primary N) is 4. The van der Waals surface area contributed by atoms with Crippen LogP contribution in [0.15, 0.2) is 55.1 Å². The fraction of sp³-hybridized carbons (Fsp3) is 0.286. The minimum Gasteiger partial charge on any atom is -1.00 e. The van der Waals surface area contributed by atoms with Crippen molar-refractivity contribution in [2.24, 2.45) is 0 Å². The Labute approximate surface area is 188 Å². The van der Waals surface area contributed by atoms with Crippen molar-refractivity contribution in [1.29, 1.82) is 0 Å². The number of nitrogen functional groups attached to an aromatic ring is 4. The zero-order chi connectivity index (χ0) is 20.6. The summed E-state index contributed by atoms with van der Waals surface area (Å²) in [5.74, 6) is 1.40. The zero-order valence-corrected chi connectivity index (χ0v) is 18.1. The number of ether oxygens (including phenoxy) is 2. The van der Waals surface area contributed by atoms with Gasteiger partial charge in [0.05, 0.1) is 26.3 Å². The van der Waals surface area contributed by atoms with Gasteiger partial charge in [-0.1, -0.05) is 0 Å². The van der Waals surface area contributed by atoms with Crippen LogP contribution in [0.2, 0.25) is 0 Å². The molecule has 0 atom stereocenters. The molecule has 1 aromatic heterocycles. The van der Waals surface area contributed by atoms with Gasteiger partial charge in [0.15, 0.2) is 0 Å². The molecule has 31 heavy (non-hydrogen) atoms. The number of aryl methyl sites for hydroxylation is 2. The van der Waals surface area contributed by atoms with E-state index in [9.17, 15) is 0 Å². The third-order valence-corrected chi connectivity index (χ3v) is 4.31. The Bertz CT molecular complexity index is 836. The molecule has 0 saturated heterocycles. The molecule has 0 radical (unpaired) electrons. The van der Waals surface area contributed by atoms with Gasteiger partial charge in [0.1, 0.15) is 23.9 Å². The van der Waals surface area contributed by atoms with E-state index in [0.29, 0.717) is 47.5 Å². The maximum atomic E-state index is 5.77. The van der Waals surface area contributed by atoms with Crippen LogP contribution >= 0.6 is 0 Å². The van der Waals surface area contributed by atoms with E-state index in [0.717, 1.165) is 25.9 Å². The van der Waals surface area contributed by atoms with Gasteiger partial charge in [0.2, 0.25) is 6.33 Å². The van der Waals surface area contributed by atoms with E-state index in [2.05, 4.69) is 27.9 Å². The monoisotopic (exact) mass is 450 g/mol. The van der Waals surface area contributed by atoms with Crippen molar-refractivity contribution in [2.75, 3.05) is 36.1 Å². The standard InChI is InChI=1S/C21H29N6O2.ClH.H2O/c22-16-9-17(23)12-20(11-16)28-7-1-3-26-5-6-27(15-26)4-2-8-29-21-13-18(24)10-19(25)14-21;;/h5-6,9-15H,1-4,7-8,22-25H2;1H;1H2/q+1;;/p-1.